The van der Waals surface area contributed by atoms with Gasteiger partial charge in [0.15, 0.2) is 0 Å². The summed E-state index contributed by atoms with van der Waals surface area (Å²) in [5, 5.41) is 7.22. The summed E-state index contributed by atoms with van der Waals surface area (Å²) in [4.78, 5) is 14.7. The minimum absolute atomic E-state index is 0.111. The van der Waals surface area contributed by atoms with Crippen molar-refractivity contribution in [1.29, 1.82) is 0 Å². The van der Waals surface area contributed by atoms with E-state index in [0.29, 0.717) is 19.1 Å². The SMILES string of the molecule is C[C@@H]1CN(C)CC[C@H]1C(=O)NCCOc1cccc(-c2cnn(C)c2)c1. The summed E-state index contributed by atoms with van der Waals surface area (Å²) in [6, 6.07) is 7.93. The Bertz CT molecular complexity index is 743. The number of hydrogen-bond acceptors (Lipinski definition) is 4. The first-order valence-corrected chi connectivity index (χ1v) is 9.21. The second kappa shape index (κ2) is 8.36. The highest BCUT2D eigenvalue weighted by atomic mass is 16.5. The van der Waals surface area contributed by atoms with Crippen LogP contribution in [0.4, 0.5) is 0 Å². The Labute approximate surface area is 155 Å². The van der Waals surface area contributed by atoms with Crippen molar-refractivity contribution >= 4 is 5.91 Å². The molecule has 140 valence electrons. The number of nitrogens with zero attached hydrogens (tertiary/aromatic N) is 3. The van der Waals surface area contributed by atoms with Crippen molar-refractivity contribution in [2.24, 2.45) is 18.9 Å². The lowest BCUT2D eigenvalue weighted by Crippen LogP contribution is -2.44. The Morgan fingerprint density at radius 3 is 2.92 bits per heavy atom. The van der Waals surface area contributed by atoms with Crippen LogP contribution in [0.3, 0.4) is 0 Å². The number of carbonyl (C=O) groups excluding carboxylic acids is 1. The highest BCUT2D eigenvalue weighted by Gasteiger charge is 2.29. The minimum Gasteiger partial charge on any atom is -0.492 e. The lowest BCUT2D eigenvalue weighted by atomic mass is 9.86. The van der Waals surface area contributed by atoms with E-state index in [0.717, 1.165) is 36.4 Å². The number of piperidine rings is 1. The fourth-order valence-electron chi connectivity index (χ4n) is 3.55. The quantitative estimate of drug-likeness (QED) is 0.806. The standard InChI is InChI=1S/C20H28N4O2/c1-15-13-23(2)9-7-19(15)20(25)21-8-10-26-18-6-4-5-16(11-18)17-12-22-24(3)14-17/h4-6,11-12,14-15,19H,7-10,13H2,1-3H3,(H,21,25)/t15-,19-/m1/s1. The van der Waals surface area contributed by atoms with Crippen LogP contribution in [0.2, 0.25) is 0 Å². The van der Waals surface area contributed by atoms with Gasteiger partial charge >= 0.3 is 0 Å². The second-order valence-electron chi connectivity index (χ2n) is 7.20. The number of nitrogens with one attached hydrogen (secondary N) is 1. The normalized spacial score (nSPS) is 20.7. The van der Waals surface area contributed by atoms with E-state index in [-0.39, 0.29) is 11.8 Å². The largest absolute Gasteiger partial charge is 0.492 e. The topological polar surface area (TPSA) is 59.4 Å². The van der Waals surface area contributed by atoms with Gasteiger partial charge in [-0.3, -0.25) is 9.48 Å². The van der Waals surface area contributed by atoms with E-state index in [4.69, 9.17) is 4.74 Å². The van der Waals surface area contributed by atoms with Crippen LogP contribution in [0.15, 0.2) is 36.7 Å². The highest BCUT2D eigenvalue weighted by Crippen LogP contribution is 2.24. The lowest BCUT2D eigenvalue weighted by Gasteiger charge is -2.33. The molecule has 0 unspecified atom stereocenters. The number of ether oxygens (including phenoxy) is 1. The molecule has 2 atom stereocenters. The van der Waals surface area contributed by atoms with Gasteiger partial charge in [-0.25, -0.2) is 0 Å². The monoisotopic (exact) mass is 356 g/mol. The molecule has 6 nitrogen and oxygen atoms in total. The number of hydrogen-bond donors (Lipinski definition) is 1. The molecule has 0 aliphatic carbocycles. The van der Waals surface area contributed by atoms with Crippen molar-refractivity contribution in [3.05, 3.63) is 36.7 Å². The third-order valence-electron chi connectivity index (χ3n) is 4.99. The van der Waals surface area contributed by atoms with Gasteiger partial charge in [-0.05, 0) is 43.6 Å². The molecular formula is C20H28N4O2. The Kier molecular flexibility index (Phi) is 5.93. The van der Waals surface area contributed by atoms with Crippen molar-refractivity contribution < 1.29 is 9.53 Å². The van der Waals surface area contributed by atoms with Crippen LogP contribution in [-0.4, -0.2) is 53.9 Å². The van der Waals surface area contributed by atoms with Crippen LogP contribution in [0.1, 0.15) is 13.3 Å². The molecule has 1 aromatic carbocycles. The van der Waals surface area contributed by atoms with Crippen molar-refractivity contribution in [3.8, 4) is 16.9 Å². The zero-order chi connectivity index (χ0) is 18.5. The van der Waals surface area contributed by atoms with Gasteiger partial charge in [0.1, 0.15) is 12.4 Å². The fourth-order valence-corrected chi connectivity index (χ4v) is 3.55. The number of rotatable bonds is 6. The van der Waals surface area contributed by atoms with Crippen LogP contribution >= 0.6 is 0 Å². The van der Waals surface area contributed by atoms with E-state index in [1.807, 2.05) is 43.7 Å². The third-order valence-corrected chi connectivity index (χ3v) is 4.99. The first-order chi connectivity index (χ1) is 12.5. The molecule has 1 aliphatic rings. The van der Waals surface area contributed by atoms with Crippen molar-refractivity contribution in [3.63, 3.8) is 0 Å². The predicted octanol–water partition coefficient (Wildman–Crippen LogP) is 2.17. The summed E-state index contributed by atoms with van der Waals surface area (Å²) in [6.45, 7) is 5.11. The van der Waals surface area contributed by atoms with Gasteiger partial charge < -0.3 is 15.0 Å². The molecule has 0 saturated carbocycles. The molecule has 6 heteroatoms. The summed E-state index contributed by atoms with van der Waals surface area (Å²) >= 11 is 0. The fraction of sp³-hybridized carbons (Fsp3) is 0.500. The summed E-state index contributed by atoms with van der Waals surface area (Å²) in [5.41, 5.74) is 2.13. The van der Waals surface area contributed by atoms with Crippen molar-refractivity contribution in [1.82, 2.24) is 20.0 Å². The summed E-state index contributed by atoms with van der Waals surface area (Å²) in [7, 11) is 4.01. The van der Waals surface area contributed by atoms with Gasteiger partial charge in [0.05, 0.1) is 12.7 Å². The molecule has 3 rings (SSSR count). The highest BCUT2D eigenvalue weighted by molar-refractivity contribution is 5.79. The Morgan fingerprint density at radius 1 is 1.35 bits per heavy atom. The average Bonchev–Trinajstić information content (AvgIpc) is 3.05. The van der Waals surface area contributed by atoms with Gasteiger partial charge in [-0.15, -0.1) is 0 Å². The zero-order valence-corrected chi connectivity index (χ0v) is 15.8. The predicted molar refractivity (Wildman–Crippen MR) is 102 cm³/mol. The molecule has 2 aromatic rings. The van der Waals surface area contributed by atoms with Crippen LogP contribution in [0.5, 0.6) is 5.75 Å². The van der Waals surface area contributed by atoms with Crippen LogP contribution in [0, 0.1) is 11.8 Å². The number of amides is 1. The molecular weight excluding hydrogens is 328 g/mol. The molecule has 0 bridgehead atoms. The van der Waals surface area contributed by atoms with E-state index in [1.165, 1.54) is 0 Å². The van der Waals surface area contributed by atoms with E-state index in [2.05, 4.69) is 29.3 Å². The van der Waals surface area contributed by atoms with Crippen LogP contribution < -0.4 is 10.1 Å². The molecule has 1 saturated heterocycles. The number of carbonyl (C=O) groups is 1. The number of aromatic nitrogens is 2. The maximum Gasteiger partial charge on any atom is 0.223 e. The molecule has 0 spiro atoms. The smallest absolute Gasteiger partial charge is 0.223 e. The maximum absolute atomic E-state index is 12.4. The zero-order valence-electron chi connectivity index (χ0n) is 15.8. The number of aryl methyl sites for hydroxylation is 1. The van der Waals surface area contributed by atoms with E-state index in [1.54, 1.807) is 4.68 Å². The Hall–Kier alpha value is -2.34. The minimum atomic E-state index is 0.111. The van der Waals surface area contributed by atoms with E-state index < -0.39 is 0 Å². The number of likely N-dealkylation sites (tertiary alicyclic amines) is 1. The maximum atomic E-state index is 12.4. The van der Waals surface area contributed by atoms with Gasteiger partial charge in [-0.1, -0.05) is 19.1 Å². The summed E-state index contributed by atoms with van der Waals surface area (Å²) in [5.74, 6) is 1.46. The van der Waals surface area contributed by atoms with Gasteiger partial charge in [0.2, 0.25) is 5.91 Å². The third kappa shape index (κ3) is 4.64. The molecule has 26 heavy (non-hydrogen) atoms. The van der Waals surface area contributed by atoms with Crippen molar-refractivity contribution in [2.75, 3.05) is 33.3 Å². The molecule has 1 fully saturated rings. The van der Waals surface area contributed by atoms with Gasteiger partial charge in [0, 0.05) is 31.3 Å². The second-order valence-corrected chi connectivity index (χ2v) is 7.20. The average molecular weight is 356 g/mol. The molecule has 2 heterocycles. The Morgan fingerprint density at radius 2 is 2.19 bits per heavy atom. The summed E-state index contributed by atoms with van der Waals surface area (Å²) in [6.07, 6.45) is 4.74. The molecule has 0 radical (unpaired) electrons. The first kappa shape index (κ1) is 18.5. The Balaban J connectivity index is 1.46. The van der Waals surface area contributed by atoms with Crippen LogP contribution in [0.25, 0.3) is 11.1 Å². The molecule has 1 N–H and O–H groups in total. The van der Waals surface area contributed by atoms with Crippen LogP contribution in [-0.2, 0) is 11.8 Å². The van der Waals surface area contributed by atoms with Gasteiger partial charge in [0.25, 0.3) is 0 Å². The first-order valence-electron chi connectivity index (χ1n) is 9.21. The van der Waals surface area contributed by atoms with Crippen molar-refractivity contribution in [2.45, 2.75) is 13.3 Å². The number of benzene rings is 1. The summed E-state index contributed by atoms with van der Waals surface area (Å²) < 4.78 is 7.59. The van der Waals surface area contributed by atoms with E-state index >= 15 is 0 Å². The van der Waals surface area contributed by atoms with E-state index in [9.17, 15) is 4.79 Å². The molecule has 1 amide bonds. The lowest BCUT2D eigenvalue weighted by molar-refractivity contribution is -0.128. The molecule has 1 aromatic heterocycles. The molecule has 1 aliphatic heterocycles. The van der Waals surface area contributed by atoms with Gasteiger partial charge in [-0.2, -0.15) is 5.10 Å².